The molecule has 0 atom stereocenters. The molecule has 0 aromatic carbocycles. The van der Waals surface area contributed by atoms with Gasteiger partial charge in [0.15, 0.2) is 0 Å². The standard InChI is InChI=1S/C16H32N2O4.2Na/c1-2-3-4-5-6-7-8-9-10-11-13-18(16(21)22)14-12-17-15(19)20;;/h17H,2-14H2,1H3,(H,19,20)(H,21,22);;/q;2*+1/p-2. The smallest absolute Gasteiger partial charge is 0.530 e. The normalized spacial score (nSPS) is 9.54. The molecule has 6 nitrogen and oxygen atoms in total. The Morgan fingerprint density at radius 1 is 0.792 bits per heavy atom. The molecular formula is C16H30N2Na2O4. The predicted molar refractivity (Wildman–Crippen MR) is 82.2 cm³/mol. The molecule has 0 aromatic heterocycles. The van der Waals surface area contributed by atoms with Gasteiger partial charge in [-0.25, -0.2) is 0 Å². The summed E-state index contributed by atoms with van der Waals surface area (Å²) in [6.07, 6.45) is 9.24. The topological polar surface area (TPSA) is 95.5 Å². The molecule has 24 heavy (non-hydrogen) atoms. The van der Waals surface area contributed by atoms with E-state index < -0.39 is 12.2 Å². The van der Waals surface area contributed by atoms with Gasteiger partial charge in [0.05, 0.1) is 0 Å². The van der Waals surface area contributed by atoms with Gasteiger partial charge in [-0.05, 0) is 6.42 Å². The van der Waals surface area contributed by atoms with Crippen LogP contribution in [0.3, 0.4) is 0 Å². The Balaban J connectivity index is -0.00000220. The Labute approximate surface area is 190 Å². The van der Waals surface area contributed by atoms with Crippen molar-refractivity contribution in [1.82, 2.24) is 10.2 Å². The van der Waals surface area contributed by atoms with Crippen LogP contribution in [-0.2, 0) is 0 Å². The molecule has 0 saturated heterocycles. The molecule has 0 aromatic rings. The fourth-order valence-electron chi connectivity index (χ4n) is 2.38. The zero-order valence-corrected chi connectivity index (χ0v) is 19.8. The van der Waals surface area contributed by atoms with Gasteiger partial charge in [0.25, 0.3) is 0 Å². The van der Waals surface area contributed by atoms with Gasteiger partial charge in [-0.1, -0.05) is 64.7 Å². The Morgan fingerprint density at radius 2 is 1.25 bits per heavy atom. The SMILES string of the molecule is CCCCCCCCCCCCN(CCNC(=O)[O-])C(=O)[O-].[Na+].[Na+]. The summed E-state index contributed by atoms with van der Waals surface area (Å²) in [7, 11) is 0. The van der Waals surface area contributed by atoms with E-state index in [4.69, 9.17) is 0 Å². The summed E-state index contributed by atoms with van der Waals surface area (Å²) in [6, 6.07) is 0. The third-order valence-electron chi connectivity index (χ3n) is 3.69. The summed E-state index contributed by atoms with van der Waals surface area (Å²) >= 11 is 0. The summed E-state index contributed by atoms with van der Waals surface area (Å²) < 4.78 is 0. The Kier molecular flexibility index (Phi) is 26.4. The van der Waals surface area contributed by atoms with Gasteiger partial charge < -0.3 is 30.0 Å². The van der Waals surface area contributed by atoms with E-state index in [-0.39, 0.29) is 72.2 Å². The zero-order valence-electron chi connectivity index (χ0n) is 15.8. The van der Waals surface area contributed by atoms with Crippen LogP contribution in [0.1, 0.15) is 71.1 Å². The van der Waals surface area contributed by atoms with Gasteiger partial charge in [-0.2, -0.15) is 0 Å². The van der Waals surface area contributed by atoms with Gasteiger partial charge in [0.1, 0.15) is 12.2 Å². The average molecular weight is 360 g/mol. The van der Waals surface area contributed by atoms with Crippen molar-refractivity contribution >= 4 is 12.2 Å². The van der Waals surface area contributed by atoms with Gasteiger partial charge in [0, 0.05) is 19.6 Å². The minimum Gasteiger partial charge on any atom is -0.530 e. The second kappa shape index (κ2) is 21.6. The van der Waals surface area contributed by atoms with Crippen LogP contribution in [0.15, 0.2) is 0 Å². The van der Waals surface area contributed by atoms with Crippen LogP contribution < -0.4 is 74.6 Å². The summed E-state index contributed by atoms with van der Waals surface area (Å²) in [6.45, 7) is 2.75. The molecule has 0 unspecified atom stereocenters. The van der Waals surface area contributed by atoms with E-state index in [9.17, 15) is 19.8 Å². The minimum absolute atomic E-state index is 0. The van der Waals surface area contributed by atoms with Crippen molar-refractivity contribution in [1.29, 1.82) is 0 Å². The van der Waals surface area contributed by atoms with E-state index in [1.807, 2.05) is 5.32 Å². The molecule has 0 aliphatic rings. The summed E-state index contributed by atoms with van der Waals surface area (Å²) in [4.78, 5) is 22.2. The van der Waals surface area contributed by atoms with Crippen LogP contribution in [0.25, 0.3) is 0 Å². The second-order valence-corrected chi connectivity index (χ2v) is 5.65. The minimum atomic E-state index is -1.39. The maximum Gasteiger partial charge on any atom is 1.00 e. The van der Waals surface area contributed by atoms with Crippen molar-refractivity contribution in [3.8, 4) is 0 Å². The third kappa shape index (κ3) is 20.6. The predicted octanol–water partition coefficient (Wildman–Crippen LogP) is -4.51. The average Bonchev–Trinajstić information content (AvgIpc) is 2.46. The third-order valence-corrected chi connectivity index (χ3v) is 3.69. The number of unbranched alkanes of at least 4 members (excludes halogenated alkanes) is 9. The molecule has 0 heterocycles. The second-order valence-electron chi connectivity index (χ2n) is 5.65. The number of carbonyl (C=O) groups is 2. The number of nitrogens with one attached hydrogen (secondary N) is 1. The number of carbonyl (C=O) groups excluding carboxylic acids is 2. The Morgan fingerprint density at radius 3 is 1.67 bits per heavy atom. The fourth-order valence-corrected chi connectivity index (χ4v) is 2.38. The molecule has 0 aliphatic heterocycles. The number of hydrogen-bond acceptors (Lipinski definition) is 4. The number of hydrogen-bond donors (Lipinski definition) is 1. The number of amides is 2. The molecule has 8 heteroatoms. The van der Waals surface area contributed by atoms with Gasteiger partial charge in [0.2, 0.25) is 0 Å². The zero-order chi connectivity index (χ0) is 16.6. The molecule has 0 rings (SSSR count). The van der Waals surface area contributed by atoms with Gasteiger partial charge in [-0.3, -0.25) is 0 Å². The van der Waals surface area contributed by atoms with Crippen LogP contribution in [0.2, 0.25) is 0 Å². The van der Waals surface area contributed by atoms with Crippen LogP contribution in [0, 0.1) is 0 Å². The van der Waals surface area contributed by atoms with Crippen molar-refractivity contribution in [2.24, 2.45) is 0 Å². The van der Waals surface area contributed by atoms with Crippen LogP contribution in [0.4, 0.5) is 9.59 Å². The molecule has 130 valence electrons. The Bertz CT molecular complexity index is 308. The maximum absolute atomic E-state index is 10.9. The largest absolute Gasteiger partial charge is 1.00 e. The molecule has 1 N–H and O–H groups in total. The fraction of sp³-hybridized carbons (Fsp3) is 0.875. The molecule has 0 fully saturated rings. The van der Waals surface area contributed by atoms with Gasteiger partial charge in [-0.15, -0.1) is 0 Å². The summed E-state index contributed by atoms with van der Waals surface area (Å²) in [5.41, 5.74) is 0. The van der Waals surface area contributed by atoms with Crippen molar-refractivity contribution in [3.05, 3.63) is 0 Å². The molecule has 0 bridgehead atoms. The maximum atomic E-state index is 10.9. The van der Waals surface area contributed by atoms with E-state index in [1.54, 1.807) is 0 Å². The van der Waals surface area contributed by atoms with Crippen molar-refractivity contribution in [3.63, 3.8) is 0 Å². The van der Waals surface area contributed by atoms with Gasteiger partial charge >= 0.3 is 59.1 Å². The molecule has 0 spiro atoms. The van der Waals surface area contributed by atoms with Crippen molar-refractivity contribution < 1.29 is 78.9 Å². The first-order valence-electron chi connectivity index (χ1n) is 8.48. The summed E-state index contributed by atoms with van der Waals surface area (Å²) in [5, 5.41) is 23.1. The first-order chi connectivity index (χ1) is 10.6. The number of carboxylic acid groups (broad SMARTS) is 2. The van der Waals surface area contributed by atoms with E-state index in [2.05, 4.69) is 6.92 Å². The van der Waals surface area contributed by atoms with E-state index in [1.165, 1.54) is 44.9 Å². The summed E-state index contributed by atoms with van der Waals surface area (Å²) in [5.74, 6) is 0. The molecular weight excluding hydrogens is 330 g/mol. The van der Waals surface area contributed by atoms with E-state index in [0.717, 1.165) is 24.2 Å². The van der Waals surface area contributed by atoms with Crippen LogP contribution in [-0.4, -0.2) is 36.7 Å². The molecule has 0 radical (unpaired) electrons. The molecule has 0 aliphatic carbocycles. The van der Waals surface area contributed by atoms with E-state index in [0.29, 0.717) is 6.54 Å². The quantitative estimate of drug-likeness (QED) is 0.249. The van der Waals surface area contributed by atoms with Crippen molar-refractivity contribution in [2.75, 3.05) is 19.6 Å². The monoisotopic (exact) mass is 360 g/mol. The first-order valence-corrected chi connectivity index (χ1v) is 8.48. The van der Waals surface area contributed by atoms with Crippen LogP contribution in [0.5, 0.6) is 0 Å². The number of nitrogens with zero attached hydrogens (tertiary/aromatic N) is 1. The molecule has 2 amide bonds. The van der Waals surface area contributed by atoms with E-state index >= 15 is 0 Å². The van der Waals surface area contributed by atoms with Crippen molar-refractivity contribution in [2.45, 2.75) is 71.1 Å². The molecule has 0 saturated carbocycles. The number of rotatable bonds is 14. The first kappa shape index (κ1) is 29.3. The Hall–Kier alpha value is 0.540. The van der Waals surface area contributed by atoms with Crippen LogP contribution >= 0.6 is 0 Å².